The Kier molecular flexibility index (Phi) is 4.62. The predicted octanol–water partition coefficient (Wildman–Crippen LogP) is 2.03. The first kappa shape index (κ1) is 15.8. The standard InChI is InChI=1S/C10HBN5.3CH3.Sn/c12-2-7-1-8(3-13)11(6-16)10(5-15)9(7)4-14;;;;/h8H;3*1H3;. The van der Waals surface area contributed by atoms with Gasteiger partial charge in [-0.2, -0.15) is 0 Å². The van der Waals surface area contributed by atoms with Gasteiger partial charge in [-0.15, -0.1) is 0 Å². The zero-order valence-electron chi connectivity index (χ0n) is 11.4. The molecular formula is C13H10BN5Sn. The number of allylic oxidation sites excluding steroid dienone is 4. The molecule has 0 amide bonds. The molecule has 20 heavy (non-hydrogen) atoms. The van der Waals surface area contributed by atoms with Crippen molar-refractivity contribution in [3.05, 3.63) is 20.2 Å². The van der Waals surface area contributed by atoms with E-state index >= 15 is 0 Å². The third-order valence-electron chi connectivity index (χ3n) is 3.17. The second-order valence-corrected chi connectivity index (χ2v) is 19.8. The van der Waals surface area contributed by atoms with Crippen LogP contribution in [0, 0.1) is 56.6 Å². The van der Waals surface area contributed by atoms with Gasteiger partial charge < -0.3 is 0 Å². The maximum atomic E-state index is 9.39. The summed E-state index contributed by atoms with van der Waals surface area (Å²) in [5.41, 5.74) is 0.0532. The Labute approximate surface area is 122 Å². The third-order valence-corrected chi connectivity index (χ3v) is 9.39. The summed E-state index contributed by atoms with van der Waals surface area (Å²) in [6, 6.07) is 7.73. The molecular weight excluding hydrogens is 356 g/mol. The van der Waals surface area contributed by atoms with Gasteiger partial charge in [-0.1, -0.05) is 0 Å². The second-order valence-electron chi connectivity index (χ2n) is 5.38. The van der Waals surface area contributed by atoms with Crippen molar-refractivity contribution in [3.8, 4) is 30.2 Å². The van der Waals surface area contributed by atoms with Crippen LogP contribution in [0.15, 0.2) is 20.2 Å². The maximum absolute atomic E-state index is 9.39. The van der Waals surface area contributed by atoms with E-state index in [1.807, 2.05) is 39.0 Å². The fraction of sp³-hybridized carbons (Fsp3) is 0.308. The van der Waals surface area contributed by atoms with Crippen LogP contribution in [-0.4, -0.2) is 25.1 Å². The molecule has 1 aliphatic heterocycles. The van der Waals surface area contributed by atoms with Crippen molar-refractivity contribution in [2.75, 3.05) is 0 Å². The summed E-state index contributed by atoms with van der Waals surface area (Å²) in [4.78, 5) is 6.06. The van der Waals surface area contributed by atoms with Gasteiger partial charge in [-0.05, 0) is 0 Å². The van der Waals surface area contributed by atoms with Crippen molar-refractivity contribution >= 4 is 25.1 Å². The van der Waals surface area contributed by atoms with Gasteiger partial charge in [0.2, 0.25) is 0 Å². The summed E-state index contributed by atoms with van der Waals surface area (Å²) < 4.78 is 0.659. The van der Waals surface area contributed by atoms with Gasteiger partial charge in [0, 0.05) is 0 Å². The molecule has 1 heterocycles. The summed E-state index contributed by atoms with van der Waals surface area (Å²) in [6.45, 7) is -0.956. The van der Waals surface area contributed by atoms with Crippen LogP contribution >= 0.6 is 0 Å². The van der Waals surface area contributed by atoms with E-state index in [1.54, 1.807) is 0 Å². The zero-order valence-corrected chi connectivity index (χ0v) is 14.2. The molecule has 1 rings (SSSR count). The molecule has 7 heteroatoms. The monoisotopic (exact) mass is 367 g/mol. The van der Waals surface area contributed by atoms with Crippen LogP contribution in [0.5, 0.6) is 0 Å². The molecule has 0 aliphatic carbocycles. The van der Waals surface area contributed by atoms with Crippen molar-refractivity contribution in [1.82, 2.24) is 0 Å². The number of hydrogen-bond donors (Lipinski definition) is 0. The van der Waals surface area contributed by atoms with Gasteiger partial charge in [-0.25, -0.2) is 0 Å². The van der Waals surface area contributed by atoms with Gasteiger partial charge in [-0.3, -0.25) is 0 Å². The van der Waals surface area contributed by atoms with Crippen molar-refractivity contribution in [3.63, 3.8) is 0 Å². The van der Waals surface area contributed by atoms with E-state index in [1.165, 1.54) is 0 Å². The van der Waals surface area contributed by atoms with Crippen LogP contribution in [0.1, 0.15) is 0 Å². The first-order valence-electron chi connectivity index (χ1n) is 5.86. The molecule has 0 spiro atoms. The Hall–Kier alpha value is -2.21. The molecule has 1 unspecified atom stereocenters. The molecule has 0 saturated heterocycles. The van der Waals surface area contributed by atoms with Crippen LogP contribution in [0.25, 0.3) is 0 Å². The van der Waals surface area contributed by atoms with Crippen molar-refractivity contribution < 1.29 is 0 Å². The average molecular weight is 366 g/mol. The first-order valence-corrected chi connectivity index (χ1v) is 15.8. The fourth-order valence-corrected chi connectivity index (χ4v) is 8.37. The summed E-state index contributed by atoms with van der Waals surface area (Å²) in [7, 11) is 0. The summed E-state index contributed by atoms with van der Waals surface area (Å²) in [5.74, 6) is 1.16. The van der Waals surface area contributed by atoms with Crippen molar-refractivity contribution in [1.29, 1.82) is 26.3 Å². The minimum absolute atomic E-state index is 0.0327. The number of nitriles is 5. The Balaban J connectivity index is 3.90. The molecule has 0 aromatic heterocycles. The average Bonchev–Trinajstić information content (AvgIpc) is 2.42. The van der Waals surface area contributed by atoms with Crippen LogP contribution < -0.4 is 0 Å². The Morgan fingerprint density at radius 2 is 1.45 bits per heavy atom. The molecule has 0 saturated carbocycles. The molecule has 1 aliphatic rings. The van der Waals surface area contributed by atoms with E-state index in [2.05, 4.69) is 6.07 Å². The van der Waals surface area contributed by atoms with E-state index in [-0.39, 0.29) is 16.6 Å². The van der Waals surface area contributed by atoms with Gasteiger partial charge in [0.05, 0.1) is 0 Å². The Morgan fingerprint density at radius 1 is 0.900 bits per heavy atom. The molecule has 94 valence electrons. The van der Waals surface area contributed by atoms with Crippen LogP contribution in [-0.2, 0) is 0 Å². The normalized spacial score (nSPS) is 18.5. The topological polar surface area (TPSA) is 119 Å². The van der Waals surface area contributed by atoms with Gasteiger partial charge >= 0.3 is 122 Å². The Morgan fingerprint density at radius 3 is 1.75 bits per heavy atom. The second kappa shape index (κ2) is 5.84. The number of nitrogens with zero attached hydrogens (tertiary/aromatic N) is 5. The van der Waals surface area contributed by atoms with Crippen molar-refractivity contribution in [2.24, 2.45) is 0 Å². The van der Waals surface area contributed by atoms with Crippen LogP contribution in [0.4, 0.5) is 0 Å². The van der Waals surface area contributed by atoms with E-state index < -0.39 is 30.9 Å². The SMILES string of the molecule is [CH3][Sn]([CH3])([CH3])[C]1=C(C#N)C(C#N)=C(C#N)B(C#N)C1C#N. The molecule has 0 aromatic rings. The molecule has 0 radical (unpaired) electrons. The summed E-state index contributed by atoms with van der Waals surface area (Å²) in [5, 5.41) is 46.4. The molecule has 0 N–H and O–H groups in total. The summed E-state index contributed by atoms with van der Waals surface area (Å²) >= 11 is -2.88. The van der Waals surface area contributed by atoms with Crippen molar-refractivity contribution in [2.45, 2.75) is 20.6 Å². The minimum atomic E-state index is -2.88. The molecule has 0 bridgehead atoms. The van der Waals surface area contributed by atoms with Crippen LogP contribution in [0.3, 0.4) is 0 Å². The van der Waals surface area contributed by atoms with E-state index in [0.29, 0.717) is 3.59 Å². The fourth-order valence-electron chi connectivity index (χ4n) is 2.39. The van der Waals surface area contributed by atoms with Gasteiger partial charge in [0.1, 0.15) is 0 Å². The molecule has 0 fully saturated rings. The van der Waals surface area contributed by atoms with E-state index in [9.17, 15) is 26.3 Å². The van der Waals surface area contributed by atoms with Gasteiger partial charge in [0.25, 0.3) is 0 Å². The molecule has 0 aromatic carbocycles. The van der Waals surface area contributed by atoms with Crippen LogP contribution in [0.2, 0.25) is 20.6 Å². The Bertz CT molecular complexity index is 722. The van der Waals surface area contributed by atoms with E-state index in [0.717, 1.165) is 0 Å². The third kappa shape index (κ3) is 2.42. The predicted molar refractivity (Wildman–Crippen MR) is 75.0 cm³/mol. The molecule has 5 nitrogen and oxygen atoms in total. The first-order chi connectivity index (χ1) is 9.37. The number of hydrogen-bond acceptors (Lipinski definition) is 5. The van der Waals surface area contributed by atoms with Gasteiger partial charge in [0.15, 0.2) is 0 Å². The number of rotatable bonds is 1. The van der Waals surface area contributed by atoms with E-state index in [4.69, 9.17) is 0 Å². The quantitative estimate of drug-likeness (QED) is 0.658. The molecule has 1 atom stereocenters. The summed E-state index contributed by atoms with van der Waals surface area (Å²) in [6.07, 6.45) is 0. The zero-order chi connectivity index (χ0) is 15.5.